The van der Waals surface area contributed by atoms with Crippen LogP contribution in [0.1, 0.15) is 50.7 Å². The van der Waals surface area contributed by atoms with E-state index in [4.69, 9.17) is 0 Å². The Bertz CT molecular complexity index is 505. The smallest absolute Gasteiger partial charge is 0.140 e. The molecule has 0 radical (unpaired) electrons. The molecule has 0 saturated heterocycles. The van der Waals surface area contributed by atoms with Crippen molar-refractivity contribution in [1.82, 2.24) is 0 Å². The molecular weight excluding hydrogens is 244 g/mol. The Morgan fingerprint density at radius 1 is 1.05 bits per heavy atom. The third-order valence-corrected chi connectivity index (χ3v) is 2.84. The fourth-order valence-corrected chi connectivity index (χ4v) is 1.70. The first-order valence-corrected chi connectivity index (χ1v) is 7.22. The van der Waals surface area contributed by atoms with E-state index in [1.807, 2.05) is 30.3 Å². The van der Waals surface area contributed by atoms with Crippen LogP contribution in [-0.2, 0) is 0 Å². The van der Waals surface area contributed by atoms with Crippen molar-refractivity contribution in [2.24, 2.45) is 0 Å². The predicted molar refractivity (Wildman–Crippen MR) is 84.9 cm³/mol. The lowest BCUT2D eigenvalue weighted by molar-refractivity contribution is 0.238. The maximum Gasteiger partial charge on any atom is 0.140 e. The van der Waals surface area contributed by atoms with Gasteiger partial charge >= 0.3 is 0 Å². The van der Waals surface area contributed by atoms with Crippen LogP contribution in [0.2, 0.25) is 0 Å². The van der Waals surface area contributed by atoms with Crippen LogP contribution in [0.15, 0.2) is 42.5 Å². The molecular formula is C19H22O. The van der Waals surface area contributed by atoms with Crippen LogP contribution in [0.5, 0.6) is 0 Å². The Morgan fingerprint density at radius 2 is 1.80 bits per heavy atom. The topological polar surface area (TPSA) is 20.2 Å². The van der Waals surface area contributed by atoms with Gasteiger partial charge in [0.15, 0.2) is 0 Å². The number of aliphatic hydroxyl groups excluding tert-OH is 1. The number of allylic oxidation sites excluding steroid dienone is 2. The van der Waals surface area contributed by atoms with Crippen molar-refractivity contribution in [1.29, 1.82) is 0 Å². The van der Waals surface area contributed by atoms with E-state index in [-0.39, 0.29) is 0 Å². The minimum Gasteiger partial charge on any atom is -0.376 e. The summed E-state index contributed by atoms with van der Waals surface area (Å²) in [5.41, 5.74) is 0.815. The second kappa shape index (κ2) is 10.9. The highest BCUT2D eigenvalue weighted by Crippen LogP contribution is 2.09. The zero-order valence-electron chi connectivity index (χ0n) is 12.1. The number of hydrogen-bond acceptors (Lipinski definition) is 1. The lowest BCUT2D eigenvalue weighted by atomic mass is 10.1. The maximum atomic E-state index is 9.80. The largest absolute Gasteiger partial charge is 0.376 e. The third-order valence-electron chi connectivity index (χ3n) is 2.84. The van der Waals surface area contributed by atoms with Crippen LogP contribution in [0.3, 0.4) is 0 Å². The highest BCUT2D eigenvalue weighted by molar-refractivity contribution is 5.30. The summed E-state index contributed by atoms with van der Waals surface area (Å²) in [4.78, 5) is 0. The Labute approximate surface area is 122 Å². The molecule has 0 fully saturated rings. The summed E-state index contributed by atoms with van der Waals surface area (Å²) in [5.74, 6) is 11.6. The van der Waals surface area contributed by atoms with Gasteiger partial charge in [-0.05, 0) is 24.1 Å². The fraction of sp³-hybridized carbons (Fsp3) is 0.368. The van der Waals surface area contributed by atoms with Gasteiger partial charge in [-0.25, -0.2) is 0 Å². The molecule has 0 aliphatic carbocycles. The average molecular weight is 266 g/mol. The number of hydrogen-bond donors (Lipinski definition) is 1. The fourth-order valence-electron chi connectivity index (χ4n) is 1.70. The monoisotopic (exact) mass is 266 g/mol. The van der Waals surface area contributed by atoms with Crippen LogP contribution in [-0.4, -0.2) is 5.11 Å². The van der Waals surface area contributed by atoms with E-state index < -0.39 is 6.10 Å². The minimum atomic E-state index is -0.733. The van der Waals surface area contributed by atoms with Gasteiger partial charge in [0.2, 0.25) is 0 Å². The lowest BCUT2D eigenvalue weighted by Gasteiger charge is -2.01. The van der Waals surface area contributed by atoms with Gasteiger partial charge in [-0.3, -0.25) is 0 Å². The standard InChI is InChI=1S/C19H22O/c1-2-3-4-5-6-7-8-9-10-14-17-19(20)18-15-12-11-13-16-18/h9-13,15-16,19-20H,2-6H2,1H3/b10-9-. The first-order valence-electron chi connectivity index (χ1n) is 7.22. The quantitative estimate of drug-likeness (QED) is 0.624. The minimum absolute atomic E-state index is 0.733. The van der Waals surface area contributed by atoms with Gasteiger partial charge in [0.25, 0.3) is 0 Å². The molecule has 0 heterocycles. The molecule has 104 valence electrons. The Kier molecular flexibility index (Phi) is 8.79. The number of aliphatic hydroxyl groups is 1. The van der Waals surface area contributed by atoms with E-state index >= 15 is 0 Å². The molecule has 1 nitrogen and oxygen atoms in total. The zero-order valence-corrected chi connectivity index (χ0v) is 12.1. The molecule has 1 N–H and O–H groups in total. The van der Waals surface area contributed by atoms with Crippen LogP contribution < -0.4 is 0 Å². The molecule has 0 aromatic heterocycles. The lowest BCUT2D eigenvalue weighted by Crippen LogP contribution is -1.91. The van der Waals surface area contributed by atoms with Gasteiger partial charge in [0.1, 0.15) is 6.10 Å². The van der Waals surface area contributed by atoms with Gasteiger partial charge < -0.3 is 5.11 Å². The van der Waals surface area contributed by atoms with Gasteiger partial charge in [0, 0.05) is 6.42 Å². The maximum absolute atomic E-state index is 9.80. The Balaban J connectivity index is 2.28. The van der Waals surface area contributed by atoms with Crippen molar-refractivity contribution in [3.63, 3.8) is 0 Å². The van der Waals surface area contributed by atoms with Crippen molar-refractivity contribution >= 4 is 0 Å². The second-order valence-electron chi connectivity index (χ2n) is 4.57. The molecule has 1 atom stereocenters. The summed E-state index contributed by atoms with van der Waals surface area (Å²) in [7, 11) is 0. The van der Waals surface area contributed by atoms with E-state index in [0.29, 0.717) is 0 Å². The molecule has 1 unspecified atom stereocenters. The van der Waals surface area contributed by atoms with Gasteiger partial charge in [-0.1, -0.05) is 80.2 Å². The number of unbranched alkanes of at least 4 members (excludes halogenated alkanes) is 4. The van der Waals surface area contributed by atoms with Gasteiger partial charge in [-0.2, -0.15) is 0 Å². The molecule has 0 spiro atoms. The predicted octanol–water partition coefficient (Wildman–Crippen LogP) is 4.25. The molecule has 1 aromatic rings. The highest BCUT2D eigenvalue weighted by atomic mass is 16.3. The second-order valence-corrected chi connectivity index (χ2v) is 4.57. The van der Waals surface area contributed by atoms with Crippen LogP contribution in [0.4, 0.5) is 0 Å². The summed E-state index contributed by atoms with van der Waals surface area (Å²) in [6.45, 7) is 2.21. The molecule has 1 rings (SSSR count). The molecule has 0 saturated carbocycles. The first kappa shape index (κ1) is 16.1. The van der Waals surface area contributed by atoms with E-state index in [9.17, 15) is 5.11 Å². The van der Waals surface area contributed by atoms with Crippen molar-refractivity contribution < 1.29 is 5.11 Å². The molecule has 0 aliphatic heterocycles. The summed E-state index contributed by atoms with van der Waals surface area (Å²) < 4.78 is 0. The Morgan fingerprint density at radius 3 is 2.55 bits per heavy atom. The van der Waals surface area contributed by atoms with Crippen molar-refractivity contribution in [2.75, 3.05) is 0 Å². The normalized spacial score (nSPS) is 11.3. The van der Waals surface area contributed by atoms with Crippen molar-refractivity contribution in [3.8, 4) is 23.7 Å². The summed E-state index contributed by atoms with van der Waals surface area (Å²) in [6, 6.07) is 9.41. The average Bonchev–Trinajstić information content (AvgIpc) is 2.50. The van der Waals surface area contributed by atoms with Gasteiger partial charge in [-0.15, -0.1) is 0 Å². The first-order chi connectivity index (χ1) is 9.84. The third kappa shape index (κ3) is 7.47. The highest BCUT2D eigenvalue weighted by Gasteiger charge is 1.99. The van der Waals surface area contributed by atoms with Crippen molar-refractivity contribution in [3.05, 3.63) is 48.0 Å². The van der Waals surface area contributed by atoms with E-state index in [1.165, 1.54) is 25.7 Å². The molecule has 1 heteroatoms. The molecule has 0 amide bonds. The van der Waals surface area contributed by atoms with E-state index in [0.717, 1.165) is 12.0 Å². The molecule has 20 heavy (non-hydrogen) atoms. The number of rotatable bonds is 5. The van der Waals surface area contributed by atoms with Crippen molar-refractivity contribution in [2.45, 2.75) is 45.1 Å². The summed E-state index contributed by atoms with van der Waals surface area (Å²) >= 11 is 0. The molecule has 1 aromatic carbocycles. The SMILES string of the molecule is CCCCCCC#C/C=C\C#CC(O)c1ccccc1. The summed E-state index contributed by atoms with van der Waals surface area (Å²) in [5, 5.41) is 9.80. The van der Waals surface area contributed by atoms with Crippen LogP contribution >= 0.6 is 0 Å². The molecule has 0 aliphatic rings. The van der Waals surface area contributed by atoms with Crippen LogP contribution in [0, 0.1) is 23.7 Å². The molecule has 0 bridgehead atoms. The number of benzene rings is 1. The zero-order chi connectivity index (χ0) is 14.5. The van der Waals surface area contributed by atoms with Crippen LogP contribution in [0.25, 0.3) is 0 Å². The Hall–Kier alpha value is -1.96. The van der Waals surface area contributed by atoms with E-state index in [1.54, 1.807) is 12.2 Å². The van der Waals surface area contributed by atoms with E-state index in [2.05, 4.69) is 30.6 Å². The van der Waals surface area contributed by atoms with Gasteiger partial charge in [0.05, 0.1) is 0 Å². The summed E-state index contributed by atoms with van der Waals surface area (Å²) in [6.07, 6.45) is 8.63.